The first-order chi connectivity index (χ1) is 5.54. The Bertz CT molecular complexity index is 247. The van der Waals surface area contributed by atoms with Crippen LogP contribution < -0.4 is 0 Å². The van der Waals surface area contributed by atoms with Gasteiger partial charge in [-0.15, -0.1) is 0 Å². The Hall–Kier alpha value is -0.440. The molecule has 0 aliphatic rings. The van der Waals surface area contributed by atoms with Gasteiger partial charge in [-0.3, -0.25) is 0 Å². The molecule has 0 aliphatic carbocycles. The van der Waals surface area contributed by atoms with Gasteiger partial charge in [-0.1, -0.05) is 27.7 Å². The van der Waals surface area contributed by atoms with Crippen LogP contribution in [0, 0.1) is 0 Å². The molecule has 0 radical (unpaired) electrons. The molecule has 0 saturated carbocycles. The van der Waals surface area contributed by atoms with Gasteiger partial charge in [0.1, 0.15) is 10.8 Å². The molecule has 1 heterocycles. The van der Waals surface area contributed by atoms with Crippen molar-refractivity contribution in [2.24, 2.45) is 0 Å². The maximum absolute atomic E-state index is 4.48. The number of hydrogen-bond donors (Lipinski definition) is 0. The molecule has 0 unspecified atom stereocenters. The Morgan fingerprint density at radius 3 is 2.42 bits per heavy atom. The van der Waals surface area contributed by atoms with Crippen LogP contribution in [0.25, 0.3) is 0 Å². The van der Waals surface area contributed by atoms with E-state index in [1.54, 1.807) is 0 Å². The molecule has 0 amide bonds. The molecule has 0 fully saturated rings. The summed E-state index contributed by atoms with van der Waals surface area (Å²) in [5.74, 6) is 1.01. The minimum Gasteiger partial charge on any atom is -0.224 e. The summed E-state index contributed by atoms with van der Waals surface area (Å²) >= 11 is 1.54. The molecular formula is C9H16N2S. The average Bonchev–Trinajstić information content (AvgIpc) is 2.35. The summed E-state index contributed by atoms with van der Waals surface area (Å²) in [4.78, 5) is 4.48. The first-order valence-corrected chi connectivity index (χ1v) is 5.14. The van der Waals surface area contributed by atoms with E-state index in [0.717, 1.165) is 23.7 Å². The zero-order chi connectivity index (χ0) is 9.19. The van der Waals surface area contributed by atoms with Crippen molar-refractivity contribution >= 4 is 11.5 Å². The fourth-order valence-electron chi connectivity index (χ4n) is 0.884. The molecule has 1 aromatic rings. The van der Waals surface area contributed by atoms with Gasteiger partial charge >= 0.3 is 0 Å². The Labute approximate surface area is 78.2 Å². The van der Waals surface area contributed by atoms with Crippen molar-refractivity contribution in [3.05, 3.63) is 10.8 Å². The quantitative estimate of drug-likeness (QED) is 0.706. The molecule has 0 aromatic carbocycles. The van der Waals surface area contributed by atoms with E-state index in [9.17, 15) is 0 Å². The summed E-state index contributed by atoms with van der Waals surface area (Å²) in [5.41, 5.74) is 0.156. The molecule has 3 heteroatoms. The van der Waals surface area contributed by atoms with Gasteiger partial charge in [-0.25, -0.2) is 4.98 Å². The van der Waals surface area contributed by atoms with Crippen LogP contribution in [0.15, 0.2) is 0 Å². The van der Waals surface area contributed by atoms with Crippen molar-refractivity contribution in [3.8, 4) is 0 Å². The maximum Gasteiger partial charge on any atom is 0.142 e. The third kappa shape index (κ3) is 2.27. The Morgan fingerprint density at radius 1 is 1.33 bits per heavy atom. The zero-order valence-electron chi connectivity index (χ0n) is 8.22. The Balaban J connectivity index is 2.77. The van der Waals surface area contributed by atoms with Crippen molar-refractivity contribution in [2.45, 2.75) is 46.0 Å². The van der Waals surface area contributed by atoms with Crippen LogP contribution in [0.2, 0.25) is 0 Å². The fourth-order valence-corrected chi connectivity index (χ4v) is 1.63. The molecule has 0 bridgehead atoms. The van der Waals surface area contributed by atoms with Crippen LogP contribution in [-0.2, 0) is 11.8 Å². The predicted molar refractivity (Wildman–Crippen MR) is 52.6 cm³/mol. The number of nitrogens with zero attached hydrogens (tertiary/aromatic N) is 2. The van der Waals surface area contributed by atoms with E-state index in [2.05, 4.69) is 37.1 Å². The van der Waals surface area contributed by atoms with Crippen LogP contribution in [0.1, 0.15) is 44.9 Å². The summed E-state index contributed by atoms with van der Waals surface area (Å²) in [7, 11) is 0. The van der Waals surface area contributed by atoms with Crippen molar-refractivity contribution < 1.29 is 0 Å². The normalized spacial score (nSPS) is 12.0. The highest BCUT2D eigenvalue weighted by atomic mass is 32.1. The van der Waals surface area contributed by atoms with E-state index < -0.39 is 0 Å². The van der Waals surface area contributed by atoms with Crippen molar-refractivity contribution in [1.82, 2.24) is 9.36 Å². The fraction of sp³-hybridized carbons (Fsp3) is 0.778. The molecule has 0 aliphatic heterocycles. The first-order valence-electron chi connectivity index (χ1n) is 4.37. The monoisotopic (exact) mass is 184 g/mol. The lowest BCUT2D eigenvalue weighted by Gasteiger charge is -2.12. The minimum absolute atomic E-state index is 0.156. The molecule has 12 heavy (non-hydrogen) atoms. The van der Waals surface area contributed by atoms with Gasteiger partial charge in [0, 0.05) is 11.8 Å². The highest BCUT2D eigenvalue weighted by Gasteiger charge is 2.18. The maximum atomic E-state index is 4.48. The predicted octanol–water partition coefficient (Wildman–Crippen LogP) is 2.79. The highest BCUT2D eigenvalue weighted by molar-refractivity contribution is 7.05. The van der Waals surface area contributed by atoms with Crippen LogP contribution in [0.4, 0.5) is 0 Å². The molecule has 0 N–H and O–H groups in total. The molecule has 1 rings (SSSR count). The highest BCUT2D eigenvalue weighted by Crippen LogP contribution is 2.23. The van der Waals surface area contributed by atoms with Crippen LogP contribution >= 0.6 is 11.5 Å². The zero-order valence-corrected chi connectivity index (χ0v) is 9.03. The largest absolute Gasteiger partial charge is 0.224 e. The molecule has 1 aromatic heterocycles. The summed E-state index contributed by atoms with van der Waals surface area (Å²) in [6.45, 7) is 8.66. The van der Waals surface area contributed by atoms with Gasteiger partial charge in [0.2, 0.25) is 0 Å². The van der Waals surface area contributed by atoms with Gasteiger partial charge in [-0.2, -0.15) is 4.37 Å². The lowest BCUT2D eigenvalue weighted by molar-refractivity contribution is 0.582. The standard InChI is InChI=1S/C9H16N2S/c1-5-6-7-10-8(12-11-7)9(2,3)4/h5-6H2,1-4H3. The molecule has 0 atom stereocenters. The average molecular weight is 184 g/mol. The van der Waals surface area contributed by atoms with Crippen LogP contribution in [0.3, 0.4) is 0 Å². The summed E-state index contributed by atoms with van der Waals surface area (Å²) < 4.78 is 4.30. The number of aromatic nitrogens is 2. The van der Waals surface area contributed by atoms with Gasteiger partial charge in [0.25, 0.3) is 0 Å². The molecule has 2 nitrogen and oxygen atoms in total. The van der Waals surface area contributed by atoms with Crippen molar-refractivity contribution in [3.63, 3.8) is 0 Å². The van der Waals surface area contributed by atoms with Gasteiger partial charge in [-0.05, 0) is 18.0 Å². The molecule has 68 valence electrons. The van der Waals surface area contributed by atoms with E-state index in [0.29, 0.717) is 0 Å². The van der Waals surface area contributed by atoms with E-state index in [1.165, 1.54) is 11.5 Å². The van der Waals surface area contributed by atoms with E-state index >= 15 is 0 Å². The first kappa shape index (κ1) is 9.65. The number of hydrogen-bond acceptors (Lipinski definition) is 3. The third-order valence-electron chi connectivity index (χ3n) is 1.58. The second kappa shape index (κ2) is 3.52. The van der Waals surface area contributed by atoms with Gasteiger partial charge in [0.15, 0.2) is 0 Å². The third-order valence-corrected chi connectivity index (χ3v) is 2.76. The second-order valence-electron chi connectivity index (χ2n) is 4.02. The summed E-state index contributed by atoms with van der Waals surface area (Å²) in [5, 5.41) is 1.14. The Morgan fingerprint density at radius 2 is 2.00 bits per heavy atom. The molecular weight excluding hydrogens is 168 g/mol. The van der Waals surface area contributed by atoms with E-state index in [-0.39, 0.29) is 5.41 Å². The second-order valence-corrected chi connectivity index (χ2v) is 4.77. The summed E-state index contributed by atoms with van der Waals surface area (Å²) in [6, 6.07) is 0. The lowest BCUT2D eigenvalue weighted by Crippen LogP contribution is -2.10. The minimum atomic E-state index is 0.156. The topological polar surface area (TPSA) is 25.8 Å². The smallest absolute Gasteiger partial charge is 0.142 e. The molecule has 0 saturated heterocycles. The summed E-state index contributed by atoms with van der Waals surface area (Å²) in [6.07, 6.45) is 2.13. The lowest BCUT2D eigenvalue weighted by atomic mass is 9.98. The van der Waals surface area contributed by atoms with Crippen molar-refractivity contribution in [1.29, 1.82) is 0 Å². The SMILES string of the molecule is CCCc1nsc(C(C)(C)C)n1. The van der Waals surface area contributed by atoms with E-state index in [1.807, 2.05) is 0 Å². The van der Waals surface area contributed by atoms with E-state index in [4.69, 9.17) is 0 Å². The number of rotatable bonds is 2. The number of aryl methyl sites for hydroxylation is 1. The van der Waals surface area contributed by atoms with Gasteiger partial charge in [0.05, 0.1) is 0 Å². The van der Waals surface area contributed by atoms with Gasteiger partial charge < -0.3 is 0 Å². The Kier molecular flexibility index (Phi) is 2.83. The van der Waals surface area contributed by atoms with Crippen LogP contribution in [0.5, 0.6) is 0 Å². The van der Waals surface area contributed by atoms with Crippen LogP contribution in [-0.4, -0.2) is 9.36 Å². The van der Waals surface area contributed by atoms with Crippen molar-refractivity contribution in [2.75, 3.05) is 0 Å². The molecule has 0 spiro atoms.